The number of halogens is 1. The van der Waals surface area contributed by atoms with E-state index in [4.69, 9.17) is 4.74 Å². The number of anilines is 3. The van der Waals surface area contributed by atoms with Gasteiger partial charge in [-0.15, -0.1) is 10.2 Å². The molecule has 25 heavy (non-hydrogen) atoms. The lowest BCUT2D eigenvalue weighted by atomic mass is 10.3. The number of aromatic nitrogens is 2. The summed E-state index contributed by atoms with van der Waals surface area (Å²) in [5.41, 5.74) is 1.73. The molecule has 1 amide bonds. The fourth-order valence-corrected chi connectivity index (χ4v) is 2.53. The second-order valence-electron chi connectivity index (χ2n) is 5.13. The first-order valence-electron chi connectivity index (χ1n) is 7.46. The van der Waals surface area contributed by atoms with Crippen LogP contribution in [0.2, 0.25) is 0 Å². The molecule has 7 heteroatoms. The molecule has 0 saturated heterocycles. The molecule has 0 saturated carbocycles. The summed E-state index contributed by atoms with van der Waals surface area (Å²) in [5, 5.41) is 13.9. The van der Waals surface area contributed by atoms with Gasteiger partial charge in [0.2, 0.25) is 0 Å². The van der Waals surface area contributed by atoms with Crippen molar-refractivity contribution in [3.63, 3.8) is 0 Å². The molecule has 6 nitrogen and oxygen atoms in total. The van der Waals surface area contributed by atoms with E-state index >= 15 is 0 Å². The zero-order chi connectivity index (χ0) is 17.6. The molecule has 0 spiro atoms. The van der Waals surface area contributed by atoms with Gasteiger partial charge in [-0.1, -0.05) is 28.1 Å². The van der Waals surface area contributed by atoms with Crippen LogP contribution in [0.1, 0.15) is 10.5 Å². The van der Waals surface area contributed by atoms with Gasteiger partial charge in [0.1, 0.15) is 5.75 Å². The third kappa shape index (κ3) is 4.54. The third-order valence-corrected chi connectivity index (χ3v) is 3.82. The van der Waals surface area contributed by atoms with Gasteiger partial charge in [0.15, 0.2) is 11.5 Å². The number of amides is 1. The van der Waals surface area contributed by atoms with Crippen molar-refractivity contribution in [1.29, 1.82) is 0 Å². The summed E-state index contributed by atoms with van der Waals surface area (Å²) in [6.07, 6.45) is 0. The minimum absolute atomic E-state index is 0.233. The number of ether oxygens (including phenoxy) is 1. The molecule has 1 heterocycles. The van der Waals surface area contributed by atoms with Gasteiger partial charge in [0.25, 0.3) is 5.91 Å². The molecule has 0 unspecified atom stereocenters. The normalized spacial score (nSPS) is 10.2. The van der Waals surface area contributed by atoms with Crippen LogP contribution in [0, 0.1) is 0 Å². The second kappa shape index (κ2) is 7.76. The Morgan fingerprint density at radius 2 is 1.80 bits per heavy atom. The van der Waals surface area contributed by atoms with Crippen molar-refractivity contribution >= 4 is 39.0 Å². The summed E-state index contributed by atoms with van der Waals surface area (Å²) >= 11 is 3.36. The Balaban J connectivity index is 1.68. The van der Waals surface area contributed by atoms with E-state index in [0.29, 0.717) is 11.5 Å². The lowest BCUT2D eigenvalue weighted by Crippen LogP contribution is -2.14. The fourth-order valence-electron chi connectivity index (χ4n) is 2.13. The predicted molar refractivity (Wildman–Crippen MR) is 100 cm³/mol. The first-order valence-corrected chi connectivity index (χ1v) is 8.25. The minimum atomic E-state index is -0.321. The number of nitrogens with one attached hydrogen (secondary N) is 2. The molecule has 126 valence electrons. The van der Waals surface area contributed by atoms with Crippen LogP contribution < -0.4 is 15.4 Å². The first kappa shape index (κ1) is 16.9. The van der Waals surface area contributed by atoms with Crippen molar-refractivity contribution in [2.75, 3.05) is 17.7 Å². The highest BCUT2D eigenvalue weighted by molar-refractivity contribution is 9.10. The quantitative estimate of drug-likeness (QED) is 0.671. The molecule has 0 aliphatic carbocycles. The molecule has 0 bridgehead atoms. The van der Waals surface area contributed by atoms with Crippen molar-refractivity contribution in [1.82, 2.24) is 10.2 Å². The monoisotopic (exact) mass is 398 g/mol. The van der Waals surface area contributed by atoms with Crippen LogP contribution in [0.15, 0.2) is 65.1 Å². The van der Waals surface area contributed by atoms with Crippen LogP contribution in [0.5, 0.6) is 5.75 Å². The van der Waals surface area contributed by atoms with E-state index in [1.807, 2.05) is 42.5 Å². The van der Waals surface area contributed by atoms with Crippen molar-refractivity contribution in [3.8, 4) is 5.75 Å². The number of hydrogen-bond donors (Lipinski definition) is 2. The van der Waals surface area contributed by atoms with E-state index in [1.54, 1.807) is 25.3 Å². The molecular formula is C18H15BrN4O2. The van der Waals surface area contributed by atoms with Gasteiger partial charge in [-0.05, 0) is 42.5 Å². The molecule has 0 atom stereocenters. The second-order valence-corrected chi connectivity index (χ2v) is 6.04. The van der Waals surface area contributed by atoms with Gasteiger partial charge < -0.3 is 15.4 Å². The Labute approximate surface area is 153 Å². The van der Waals surface area contributed by atoms with Gasteiger partial charge in [0.05, 0.1) is 7.11 Å². The van der Waals surface area contributed by atoms with Gasteiger partial charge in [-0.2, -0.15) is 0 Å². The van der Waals surface area contributed by atoms with Crippen LogP contribution in [-0.2, 0) is 0 Å². The number of carbonyl (C=O) groups excluding carboxylic acids is 1. The molecule has 1 aromatic heterocycles. The highest BCUT2D eigenvalue weighted by Crippen LogP contribution is 2.20. The van der Waals surface area contributed by atoms with Crippen LogP contribution in [-0.4, -0.2) is 23.2 Å². The van der Waals surface area contributed by atoms with E-state index in [1.165, 1.54) is 0 Å². The topological polar surface area (TPSA) is 76.1 Å². The lowest BCUT2D eigenvalue weighted by Gasteiger charge is -2.08. The van der Waals surface area contributed by atoms with Crippen LogP contribution in [0.3, 0.4) is 0 Å². The van der Waals surface area contributed by atoms with Crippen molar-refractivity contribution in [2.45, 2.75) is 0 Å². The summed E-state index contributed by atoms with van der Waals surface area (Å²) in [6.45, 7) is 0. The van der Waals surface area contributed by atoms with Crippen LogP contribution in [0.4, 0.5) is 17.2 Å². The molecule has 2 aromatic carbocycles. The SMILES string of the molecule is COc1cccc(Nc2ccc(C(=O)Nc3cccc(Br)c3)nn2)c1. The number of hydrogen-bond acceptors (Lipinski definition) is 5. The molecule has 0 radical (unpaired) electrons. The van der Waals surface area contributed by atoms with Crippen molar-refractivity contribution in [2.24, 2.45) is 0 Å². The maximum atomic E-state index is 12.2. The van der Waals surface area contributed by atoms with Crippen LogP contribution in [0.25, 0.3) is 0 Å². The average molecular weight is 399 g/mol. The van der Waals surface area contributed by atoms with Gasteiger partial charge in [-0.25, -0.2) is 0 Å². The van der Waals surface area contributed by atoms with E-state index < -0.39 is 0 Å². The molecule has 0 fully saturated rings. The average Bonchev–Trinajstić information content (AvgIpc) is 2.62. The molecule has 3 aromatic rings. The van der Waals surface area contributed by atoms with Gasteiger partial charge >= 0.3 is 0 Å². The van der Waals surface area contributed by atoms with E-state index in [-0.39, 0.29) is 11.6 Å². The summed E-state index contributed by atoms with van der Waals surface area (Å²) in [5.74, 6) is 0.953. The lowest BCUT2D eigenvalue weighted by molar-refractivity contribution is 0.102. The number of benzene rings is 2. The number of carbonyl (C=O) groups is 1. The standard InChI is InChI=1S/C18H15BrN4O2/c1-25-15-7-3-6-14(11-15)20-17-9-8-16(22-23-17)18(24)21-13-5-2-4-12(19)10-13/h2-11H,1H3,(H,20,23)(H,21,24). The Bertz CT molecular complexity index is 884. The zero-order valence-electron chi connectivity index (χ0n) is 13.4. The van der Waals surface area contributed by atoms with E-state index in [9.17, 15) is 4.79 Å². The van der Waals surface area contributed by atoms with Crippen molar-refractivity contribution < 1.29 is 9.53 Å². The Morgan fingerprint density at radius 1 is 1.00 bits per heavy atom. The smallest absolute Gasteiger partial charge is 0.276 e. The number of methoxy groups -OCH3 is 1. The summed E-state index contributed by atoms with van der Waals surface area (Å²) in [4.78, 5) is 12.2. The maximum Gasteiger partial charge on any atom is 0.276 e. The summed E-state index contributed by atoms with van der Waals surface area (Å²) < 4.78 is 6.06. The predicted octanol–water partition coefficient (Wildman–Crippen LogP) is 4.24. The molecule has 0 aliphatic rings. The minimum Gasteiger partial charge on any atom is -0.497 e. The molecule has 2 N–H and O–H groups in total. The van der Waals surface area contributed by atoms with Gasteiger partial charge in [-0.3, -0.25) is 4.79 Å². The summed E-state index contributed by atoms with van der Waals surface area (Å²) in [6, 6.07) is 18.1. The first-order chi connectivity index (χ1) is 12.1. The zero-order valence-corrected chi connectivity index (χ0v) is 14.9. The third-order valence-electron chi connectivity index (χ3n) is 3.32. The maximum absolute atomic E-state index is 12.2. The highest BCUT2D eigenvalue weighted by atomic mass is 79.9. The largest absolute Gasteiger partial charge is 0.497 e. The molecule has 0 aliphatic heterocycles. The molecular weight excluding hydrogens is 384 g/mol. The van der Waals surface area contributed by atoms with E-state index in [0.717, 1.165) is 15.9 Å². The van der Waals surface area contributed by atoms with Crippen LogP contribution >= 0.6 is 15.9 Å². The van der Waals surface area contributed by atoms with Gasteiger partial charge in [0, 0.05) is 21.9 Å². The Kier molecular flexibility index (Phi) is 5.25. The number of rotatable bonds is 5. The summed E-state index contributed by atoms with van der Waals surface area (Å²) in [7, 11) is 1.61. The van der Waals surface area contributed by atoms with E-state index in [2.05, 4.69) is 36.8 Å². The fraction of sp³-hybridized carbons (Fsp3) is 0.0556. The molecule has 3 rings (SSSR count). The Hall–Kier alpha value is -2.93. The number of nitrogens with zero attached hydrogens (tertiary/aromatic N) is 2. The Morgan fingerprint density at radius 3 is 2.52 bits per heavy atom. The van der Waals surface area contributed by atoms with Crippen molar-refractivity contribution in [3.05, 3.63) is 70.8 Å². The highest BCUT2D eigenvalue weighted by Gasteiger charge is 2.09.